The molecule has 108 valence electrons. The first-order chi connectivity index (χ1) is 9.54. The van der Waals surface area contributed by atoms with Crippen LogP contribution in [0.3, 0.4) is 0 Å². The third-order valence-electron chi connectivity index (χ3n) is 4.43. The fraction of sp³-hybridized carbons (Fsp3) is 0.467. The van der Waals surface area contributed by atoms with Gasteiger partial charge in [-0.3, -0.25) is 0 Å². The van der Waals surface area contributed by atoms with Gasteiger partial charge in [0.25, 0.3) is 0 Å². The summed E-state index contributed by atoms with van der Waals surface area (Å²) in [5.41, 5.74) is 1.13. The summed E-state index contributed by atoms with van der Waals surface area (Å²) in [5, 5.41) is 8.66. The molecule has 20 heavy (non-hydrogen) atoms. The Kier molecular flexibility index (Phi) is 3.67. The first-order valence-corrected chi connectivity index (χ1v) is 8.60. The SMILES string of the molecule is NS(=O)(=O)c1ccc(CCNC2CC3CC=CC32)cc1. The van der Waals surface area contributed by atoms with Crippen LogP contribution in [0.2, 0.25) is 0 Å². The van der Waals surface area contributed by atoms with E-state index in [0.29, 0.717) is 6.04 Å². The van der Waals surface area contributed by atoms with Gasteiger partial charge in [0.1, 0.15) is 0 Å². The Morgan fingerprint density at radius 2 is 2.00 bits per heavy atom. The van der Waals surface area contributed by atoms with Gasteiger partial charge in [0.05, 0.1) is 4.90 Å². The normalized spacial score (nSPS) is 28.1. The number of rotatable bonds is 5. The summed E-state index contributed by atoms with van der Waals surface area (Å²) in [4.78, 5) is 0.173. The zero-order valence-electron chi connectivity index (χ0n) is 11.3. The number of nitrogens with two attached hydrogens (primary N) is 1. The van der Waals surface area contributed by atoms with Gasteiger partial charge in [-0.2, -0.15) is 0 Å². The minimum Gasteiger partial charge on any atom is -0.313 e. The molecular formula is C15H20N2O2S. The molecular weight excluding hydrogens is 272 g/mol. The molecule has 4 nitrogen and oxygen atoms in total. The number of sulfonamides is 1. The highest BCUT2D eigenvalue weighted by molar-refractivity contribution is 7.89. The molecule has 3 atom stereocenters. The molecule has 5 heteroatoms. The molecule has 1 aromatic carbocycles. The largest absolute Gasteiger partial charge is 0.313 e. The highest BCUT2D eigenvalue weighted by Gasteiger charge is 2.40. The molecule has 2 aliphatic rings. The fourth-order valence-corrected chi connectivity index (χ4v) is 3.71. The minimum atomic E-state index is -3.58. The van der Waals surface area contributed by atoms with E-state index in [1.165, 1.54) is 12.8 Å². The van der Waals surface area contributed by atoms with Gasteiger partial charge in [0.15, 0.2) is 0 Å². The molecule has 1 fully saturated rings. The van der Waals surface area contributed by atoms with Gasteiger partial charge < -0.3 is 5.32 Å². The van der Waals surface area contributed by atoms with Crippen molar-refractivity contribution in [2.45, 2.75) is 30.2 Å². The molecule has 0 amide bonds. The Labute approximate surface area is 120 Å². The average molecular weight is 292 g/mol. The second-order valence-corrected chi connectivity index (χ2v) is 7.30. The summed E-state index contributed by atoms with van der Waals surface area (Å²) in [7, 11) is -3.58. The molecule has 1 saturated carbocycles. The zero-order chi connectivity index (χ0) is 14.2. The number of hydrogen-bond donors (Lipinski definition) is 2. The number of hydrogen-bond acceptors (Lipinski definition) is 3. The predicted molar refractivity (Wildman–Crippen MR) is 78.7 cm³/mol. The number of benzene rings is 1. The van der Waals surface area contributed by atoms with Gasteiger partial charge >= 0.3 is 0 Å². The zero-order valence-corrected chi connectivity index (χ0v) is 12.1. The van der Waals surface area contributed by atoms with E-state index in [0.717, 1.165) is 30.4 Å². The first kappa shape index (κ1) is 13.8. The maximum atomic E-state index is 11.2. The highest BCUT2D eigenvalue weighted by Crippen LogP contribution is 2.42. The Morgan fingerprint density at radius 1 is 1.25 bits per heavy atom. The predicted octanol–water partition coefficient (Wildman–Crippen LogP) is 1.43. The van der Waals surface area contributed by atoms with Crippen LogP contribution in [0.4, 0.5) is 0 Å². The van der Waals surface area contributed by atoms with Crippen molar-refractivity contribution in [3.8, 4) is 0 Å². The van der Waals surface area contributed by atoms with Crippen molar-refractivity contribution in [3.63, 3.8) is 0 Å². The molecule has 0 saturated heterocycles. The second kappa shape index (κ2) is 5.31. The van der Waals surface area contributed by atoms with Crippen LogP contribution in [0.15, 0.2) is 41.3 Å². The molecule has 0 radical (unpaired) electrons. The second-order valence-electron chi connectivity index (χ2n) is 5.74. The van der Waals surface area contributed by atoms with Crippen LogP contribution in [-0.4, -0.2) is 21.0 Å². The van der Waals surface area contributed by atoms with E-state index in [-0.39, 0.29) is 4.90 Å². The summed E-state index contributed by atoms with van der Waals surface area (Å²) in [6.45, 7) is 0.927. The van der Waals surface area contributed by atoms with Gasteiger partial charge in [-0.1, -0.05) is 24.3 Å². The van der Waals surface area contributed by atoms with Crippen LogP contribution in [0, 0.1) is 11.8 Å². The van der Waals surface area contributed by atoms with Crippen LogP contribution in [0.1, 0.15) is 18.4 Å². The third kappa shape index (κ3) is 2.80. The Balaban J connectivity index is 1.48. The average Bonchev–Trinajstić information content (AvgIpc) is 2.75. The van der Waals surface area contributed by atoms with Gasteiger partial charge in [0, 0.05) is 6.04 Å². The molecule has 0 heterocycles. The Bertz CT molecular complexity index is 607. The van der Waals surface area contributed by atoms with Gasteiger partial charge in [-0.15, -0.1) is 0 Å². The molecule has 3 unspecified atom stereocenters. The maximum Gasteiger partial charge on any atom is 0.238 e. The summed E-state index contributed by atoms with van der Waals surface area (Å²) in [6.07, 6.45) is 8.07. The lowest BCUT2D eigenvalue weighted by molar-refractivity contribution is 0.164. The molecule has 1 aromatic rings. The Morgan fingerprint density at radius 3 is 2.65 bits per heavy atom. The van der Waals surface area contributed by atoms with E-state index in [2.05, 4.69) is 17.5 Å². The van der Waals surface area contributed by atoms with Crippen LogP contribution in [0.5, 0.6) is 0 Å². The lowest BCUT2D eigenvalue weighted by atomic mass is 9.71. The molecule has 3 rings (SSSR count). The van der Waals surface area contributed by atoms with E-state index in [1.54, 1.807) is 12.1 Å². The highest BCUT2D eigenvalue weighted by atomic mass is 32.2. The van der Waals surface area contributed by atoms with E-state index in [9.17, 15) is 8.42 Å². The van der Waals surface area contributed by atoms with Gasteiger partial charge in [0.2, 0.25) is 10.0 Å². The molecule has 0 aromatic heterocycles. The van der Waals surface area contributed by atoms with E-state index in [4.69, 9.17) is 5.14 Å². The van der Waals surface area contributed by atoms with E-state index < -0.39 is 10.0 Å². The molecule has 0 aliphatic heterocycles. The topological polar surface area (TPSA) is 72.2 Å². The van der Waals surface area contributed by atoms with Crippen molar-refractivity contribution < 1.29 is 8.42 Å². The maximum absolute atomic E-state index is 11.2. The van der Waals surface area contributed by atoms with Crippen LogP contribution in [-0.2, 0) is 16.4 Å². The number of nitrogens with one attached hydrogen (secondary N) is 1. The third-order valence-corrected chi connectivity index (χ3v) is 5.36. The monoisotopic (exact) mass is 292 g/mol. The summed E-state index contributed by atoms with van der Waals surface area (Å²) in [5.74, 6) is 1.61. The van der Waals surface area contributed by atoms with Crippen molar-refractivity contribution in [3.05, 3.63) is 42.0 Å². The summed E-state index contributed by atoms with van der Waals surface area (Å²) >= 11 is 0. The first-order valence-electron chi connectivity index (χ1n) is 7.06. The molecule has 0 bridgehead atoms. The molecule has 0 spiro atoms. The van der Waals surface area contributed by atoms with Crippen molar-refractivity contribution in [1.82, 2.24) is 5.32 Å². The lowest BCUT2D eigenvalue weighted by Gasteiger charge is -2.40. The fourth-order valence-electron chi connectivity index (χ4n) is 3.20. The quantitative estimate of drug-likeness (QED) is 0.806. The van der Waals surface area contributed by atoms with Crippen molar-refractivity contribution in [2.75, 3.05) is 6.54 Å². The number of primary sulfonamides is 1. The smallest absolute Gasteiger partial charge is 0.238 e. The van der Waals surface area contributed by atoms with E-state index in [1.807, 2.05) is 12.1 Å². The summed E-state index contributed by atoms with van der Waals surface area (Å²) < 4.78 is 22.3. The molecule has 3 N–H and O–H groups in total. The lowest BCUT2D eigenvalue weighted by Crippen LogP contribution is -2.48. The van der Waals surface area contributed by atoms with Crippen LogP contribution in [0.25, 0.3) is 0 Å². The van der Waals surface area contributed by atoms with Crippen LogP contribution >= 0.6 is 0 Å². The van der Waals surface area contributed by atoms with Gasteiger partial charge in [-0.05, 0) is 55.3 Å². The number of allylic oxidation sites excluding steroid dienone is 1. The van der Waals surface area contributed by atoms with Gasteiger partial charge in [-0.25, -0.2) is 13.6 Å². The van der Waals surface area contributed by atoms with Crippen molar-refractivity contribution in [1.29, 1.82) is 0 Å². The number of fused-ring (bicyclic) bond motifs is 1. The molecule has 2 aliphatic carbocycles. The van der Waals surface area contributed by atoms with Crippen molar-refractivity contribution >= 4 is 10.0 Å². The minimum absolute atomic E-state index is 0.173. The van der Waals surface area contributed by atoms with E-state index >= 15 is 0 Å². The van der Waals surface area contributed by atoms with Crippen molar-refractivity contribution in [2.24, 2.45) is 17.0 Å². The summed E-state index contributed by atoms with van der Waals surface area (Å²) in [6, 6.07) is 7.44. The Hall–Kier alpha value is -1.17. The standard InChI is InChI=1S/C15H20N2O2S/c16-20(18,19)13-6-4-11(5-7-13)8-9-17-15-10-12-2-1-3-14(12)15/h1,3-7,12,14-15,17H,2,8-10H2,(H2,16,18,19). The van der Waals surface area contributed by atoms with Crippen LogP contribution < -0.4 is 10.5 Å².